The van der Waals surface area contributed by atoms with Crippen LogP contribution < -0.4 is 4.90 Å². The highest BCUT2D eigenvalue weighted by molar-refractivity contribution is 7.81. The number of para-hydroxylation sites is 2. The lowest BCUT2D eigenvalue weighted by atomic mass is 10.2. The average Bonchev–Trinajstić information content (AvgIpc) is 3.06. The summed E-state index contributed by atoms with van der Waals surface area (Å²) in [5.74, 6) is 1.60. The van der Waals surface area contributed by atoms with Crippen LogP contribution in [0, 0.1) is 0 Å². The topological polar surface area (TPSA) is 65.1 Å². The fourth-order valence-electron chi connectivity index (χ4n) is 3.04. The molecule has 130 valence electrons. The number of piperazine rings is 1. The van der Waals surface area contributed by atoms with Crippen molar-refractivity contribution < 1.29 is 4.21 Å². The van der Waals surface area contributed by atoms with Crippen molar-refractivity contribution in [2.45, 2.75) is 0 Å². The van der Waals surface area contributed by atoms with Crippen molar-refractivity contribution in [3.05, 3.63) is 41.6 Å². The van der Waals surface area contributed by atoms with Crippen molar-refractivity contribution in [3.8, 4) is 11.4 Å². The summed E-state index contributed by atoms with van der Waals surface area (Å²) in [6.45, 7) is 3.09. The van der Waals surface area contributed by atoms with Gasteiger partial charge in [0.05, 0.1) is 27.0 Å². The molecule has 0 saturated carbocycles. The number of halogens is 1. The first-order valence-corrected chi connectivity index (χ1v) is 9.95. The summed E-state index contributed by atoms with van der Waals surface area (Å²) in [6, 6.07) is 9.87. The van der Waals surface area contributed by atoms with Gasteiger partial charge in [0.15, 0.2) is 0 Å². The molecule has 1 atom stereocenters. The standard InChI is InChI=1S/C17H18ClN5OS/c1-25(24)23-8-6-22(7-9-23)16-10-12(13(18)11-19-16)17-20-14-4-2-3-5-15(14)21-17/h2-5,10-11H,6-9H2,1H3,(H,20,21). The number of hydrogen-bond acceptors (Lipinski definition) is 4. The van der Waals surface area contributed by atoms with Crippen molar-refractivity contribution in [2.24, 2.45) is 0 Å². The zero-order valence-corrected chi connectivity index (χ0v) is 15.3. The Morgan fingerprint density at radius 3 is 2.68 bits per heavy atom. The molecule has 1 N–H and O–H groups in total. The van der Waals surface area contributed by atoms with Gasteiger partial charge in [-0.1, -0.05) is 23.7 Å². The maximum absolute atomic E-state index is 11.6. The highest BCUT2D eigenvalue weighted by atomic mass is 35.5. The Morgan fingerprint density at radius 1 is 1.20 bits per heavy atom. The molecule has 0 radical (unpaired) electrons. The molecule has 4 rings (SSSR count). The van der Waals surface area contributed by atoms with Crippen molar-refractivity contribution in [1.82, 2.24) is 19.3 Å². The third-order valence-corrected chi connectivity index (χ3v) is 5.81. The predicted molar refractivity (Wildman–Crippen MR) is 102 cm³/mol. The normalized spacial score (nSPS) is 17.1. The molecule has 3 heterocycles. The van der Waals surface area contributed by atoms with Crippen LogP contribution in [0.4, 0.5) is 5.82 Å². The third kappa shape index (κ3) is 3.27. The van der Waals surface area contributed by atoms with Gasteiger partial charge in [0.2, 0.25) is 0 Å². The molecule has 1 saturated heterocycles. The van der Waals surface area contributed by atoms with E-state index in [0.29, 0.717) is 5.02 Å². The molecule has 1 unspecified atom stereocenters. The van der Waals surface area contributed by atoms with E-state index in [1.165, 1.54) is 0 Å². The molecule has 2 aromatic heterocycles. The van der Waals surface area contributed by atoms with E-state index in [9.17, 15) is 4.21 Å². The van der Waals surface area contributed by atoms with Crippen LogP contribution in [0.15, 0.2) is 36.5 Å². The van der Waals surface area contributed by atoms with Gasteiger partial charge in [-0.05, 0) is 18.2 Å². The van der Waals surface area contributed by atoms with Gasteiger partial charge in [0.25, 0.3) is 0 Å². The number of H-pyrrole nitrogens is 1. The van der Waals surface area contributed by atoms with Gasteiger partial charge in [0, 0.05) is 44.2 Å². The van der Waals surface area contributed by atoms with Crippen LogP contribution in [-0.2, 0) is 11.0 Å². The second kappa shape index (κ2) is 6.74. The first kappa shape index (κ1) is 16.5. The summed E-state index contributed by atoms with van der Waals surface area (Å²) in [6.07, 6.45) is 3.39. The largest absolute Gasteiger partial charge is 0.354 e. The lowest BCUT2D eigenvalue weighted by molar-refractivity contribution is 0.411. The number of anilines is 1. The maximum Gasteiger partial charge on any atom is 0.140 e. The van der Waals surface area contributed by atoms with E-state index in [1.54, 1.807) is 12.5 Å². The number of benzene rings is 1. The minimum absolute atomic E-state index is 0.566. The number of fused-ring (bicyclic) bond motifs is 1. The van der Waals surface area contributed by atoms with Gasteiger partial charge < -0.3 is 9.88 Å². The Morgan fingerprint density at radius 2 is 1.96 bits per heavy atom. The van der Waals surface area contributed by atoms with Gasteiger partial charge in [-0.15, -0.1) is 0 Å². The Bertz CT molecular complexity index is 903. The highest BCUT2D eigenvalue weighted by Crippen LogP contribution is 2.30. The summed E-state index contributed by atoms with van der Waals surface area (Å²) in [7, 11) is -0.920. The molecule has 1 aromatic carbocycles. The van der Waals surface area contributed by atoms with Crippen molar-refractivity contribution in [2.75, 3.05) is 37.3 Å². The first-order valence-electron chi connectivity index (χ1n) is 8.06. The van der Waals surface area contributed by atoms with Crippen LogP contribution >= 0.6 is 11.6 Å². The van der Waals surface area contributed by atoms with Gasteiger partial charge in [-0.3, -0.25) is 0 Å². The Hall–Kier alpha value is -1.96. The number of nitrogens with one attached hydrogen (secondary N) is 1. The zero-order valence-electron chi connectivity index (χ0n) is 13.8. The Labute approximate surface area is 153 Å². The van der Waals surface area contributed by atoms with E-state index in [4.69, 9.17) is 11.6 Å². The van der Waals surface area contributed by atoms with Crippen LogP contribution in [0.5, 0.6) is 0 Å². The molecule has 0 spiro atoms. The van der Waals surface area contributed by atoms with Crippen molar-refractivity contribution >= 4 is 39.4 Å². The molecule has 0 aliphatic carbocycles. The first-order chi connectivity index (χ1) is 12.1. The van der Waals surface area contributed by atoms with Gasteiger partial charge in [-0.25, -0.2) is 18.5 Å². The molecule has 1 fully saturated rings. The molecule has 25 heavy (non-hydrogen) atoms. The third-order valence-electron chi connectivity index (χ3n) is 4.41. The molecular weight excluding hydrogens is 358 g/mol. The molecule has 0 amide bonds. The van der Waals surface area contributed by atoms with E-state index >= 15 is 0 Å². The molecule has 1 aliphatic rings. The van der Waals surface area contributed by atoms with Gasteiger partial charge in [0.1, 0.15) is 11.6 Å². The van der Waals surface area contributed by atoms with E-state index < -0.39 is 11.0 Å². The summed E-state index contributed by atoms with van der Waals surface area (Å²) in [4.78, 5) is 14.6. The minimum Gasteiger partial charge on any atom is -0.354 e. The molecular formula is C17H18ClN5OS. The predicted octanol–water partition coefficient (Wildman–Crippen LogP) is 2.69. The average molecular weight is 376 g/mol. The van der Waals surface area contributed by atoms with E-state index in [2.05, 4.69) is 19.9 Å². The lowest BCUT2D eigenvalue weighted by Crippen LogP contribution is -2.47. The monoisotopic (exact) mass is 375 g/mol. The fraction of sp³-hybridized carbons (Fsp3) is 0.294. The summed E-state index contributed by atoms with van der Waals surface area (Å²) >= 11 is 6.37. The SMILES string of the molecule is CS(=O)N1CCN(c2cc(-c3nc4ccccc4[nH]3)c(Cl)cn2)CC1. The highest BCUT2D eigenvalue weighted by Gasteiger charge is 2.21. The molecule has 0 bridgehead atoms. The summed E-state index contributed by atoms with van der Waals surface area (Å²) in [5, 5.41) is 0.566. The minimum atomic E-state index is -0.920. The fourth-order valence-corrected chi connectivity index (χ4v) is 3.91. The number of rotatable bonds is 3. The van der Waals surface area contributed by atoms with Crippen LogP contribution in [0.2, 0.25) is 5.02 Å². The van der Waals surface area contributed by atoms with Crippen LogP contribution in [-0.4, -0.2) is 55.9 Å². The number of nitrogens with zero attached hydrogens (tertiary/aromatic N) is 4. The molecule has 6 nitrogen and oxygen atoms in total. The number of aromatic nitrogens is 3. The summed E-state index contributed by atoms with van der Waals surface area (Å²) < 4.78 is 13.5. The van der Waals surface area contributed by atoms with E-state index in [1.807, 2.05) is 34.6 Å². The molecule has 3 aromatic rings. The smallest absolute Gasteiger partial charge is 0.140 e. The second-order valence-corrected chi connectivity index (χ2v) is 7.74. The number of pyridine rings is 1. The van der Waals surface area contributed by atoms with Gasteiger partial charge in [-0.2, -0.15) is 0 Å². The van der Waals surface area contributed by atoms with E-state index in [-0.39, 0.29) is 0 Å². The lowest BCUT2D eigenvalue weighted by Gasteiger charge is -2.33. The zero-order chi connectivity index (χ0) is 17.4. The van der Waals surface area contributed by atoms with Crippen molar-refractivity contribution in [1.29, 1.82) is 0 Å². The van der Waals surface area contributed by atoms with E-state index in [0.717, 1.165) is 54.4 Å². The van der Waals surface area contributed by atoms with Crippen LogP contribution in [0.1, 0.15) is 0 Å². The Balaban J connectivity index is 1.64. The number of aromatic amines is 1. The molecule has 1 aliphatic heterocycles. The number of imidazole rings is 1. The Kier molecular flexibility index (Phi) is 4.45. The quantitative estimate of drug-likeness (QED) is 0.764. The van der Waals surface area contributed by atoms with Crippen molar-refractivity contribution in [3.63, 3.8) is 0 Å². The second-order valence-electron chi connectivity index (χ2n) is 5.96. The molecule has 8 heteroatoms. The maximum atomic E-state index is 11.6. The van der Waals surface area contributed by atoms with Gasteiger partial charge >= 0.3 is 0 Å². The number of hydrogen-bond donors (Lipinski definition) is 1. The van der Waals surface area contributed by atoms with Crippen LogP contribution in [0.3, 0.4) is 0 Å². The summed E-state index contributed by atoms with van der Waals surface area (Å²) in [5.41, 5.74) is 2.72. The van der Waals surface area contributed by atoms with Crippen LogP contribution in [0.25, 0.3) is 22.4 Å².